The minimum absolute atomic E-state index is 0.0646. The average molecular weight is 372 g/mol. The number of hydrogen-bond donors (Lipinski definition) is 2. The van der Waals surface area contributed by atoms with Gasteiger partial charge in [-0.25, -0.2) is 13.1 Å². The summed E-state index contributed by atoms with van der Waals surface area (Å²) in [5.74, 6) is 0.638. The average Bonchev–Trinajstić information content (AvgIpc) is 2.91. The first-order valence-corrected chi connectivity index (χ1v) is 9.93. The van der Waals surface area contributed by atoms with Crippen molar-refractivity contribution < 1.29 is 12.9 Å². The van der Waals surface area contributed by atoms with Crippen molar-refractivity contribution in [3.63, 3.8) is 0 Å². The number of aryl methyl sites for hydroxylation is 2. The van der Waals surface area contributed by atoms with Crippen molar-refractivity contribution in [2.75, 3.05) is 0 Å². The van der Waals surface area contributed by atoms with Gasteiger partial charge in [-0.2, -0.15) is 0 Å². The number of benzene rings is 1. The molecule has 4 rings (SSSR count). The van der Waals surface area contributed by atoms with Gasteiger partial charge in [0.25, 0.3) is 0 Å². The Morgan fingerprint density at radius 2 is 2.04 bits per heavy atom. The lowest BCUT2D eigenvalue weighted by atomic mass is 9.89. The summed E-state index contributed by atoms with van der Waals surface area (Å²) in [5, 5.41) is 4.55. The smallest absolute Gasteiger partial charge is 0.241 e. The third-order valence-electron chi connectivity index (χ3n) is 4.79. The van der Waals surface area contributed by atoms with Crippen LogP contribution in [0.1, 0.15) is 24.3 Å². The molecule has 1 aliphatic rings. The molecule has 0 spiro atoms. The maximum atomic E-state index is 13.0. The number of pyridine rings is 1. The first-order chi connectivity index (χ1) is 12.3. The van der Waals surface area contributed by atoms with E-state index >= 15 is 0 Å². The van der Waals surface area contributed by atoms with E-state index in [2.05, 4.69) is 14.9 Å². The standard InChI is InChI=1S/C18H20N4O3S/c1-10-18(11(2)25-21-10)12-6-16-15(4-3-5-20-16)17(7-12)26(23,24)22-14-8-13(19)9-14/h3-7,13-14,22H,8-9,19H2,1-2H3/t13-,14+. The van der Waals surface area contributed by atoms with E-state index in [-0.39, 0.29) is 17.0 Å². The minimum Gasteiger partial charge on any atom is -0.361 e. The molecule has 8 heteroatoms. The van der Waals surface area contributed by atoms with E-state index in [0.29, 0.717) is 35.2 Å². The number of aromatic nitrogens is 2. The summed E-state index contributed by atoms with van der Waals surface area (Å²) in [5.41, 5.74) is 8.60. The Hall–Kier alpha value is -2.29. The normalized spacial score (nSPS) is 20.3. The van der Waals surface area contributed by atoms with Crippen molar-refractivity contribution in [3.05, 3.63) is 41.9 Å². The Kier molecular flexibility index (Phi) is 4.06. The molecule has 1 saturated carbocycles. The topological polar surface area (TPSA) is 111 Å². The van der Waals surface area contributed by atoms with Crippen LogP contribution in [0.2, 0.25) is 0 Å². The molecule has 1 aromatic carbocycles. The molecule has 7 nitrogen and oxygen atoms in total. The summed E-state index contributed by atoms with van der Waals surface area (Å²) in [6, 6.07) is 6.97. The largest absolute Gasteiger partial charge is 0.361 e. The fourth-order valence-corrected chi connectivity index (χ4v) is 4.95. The summed E-state index contributed by atoms with van der Waals surface area (Å²) in [7, 11) is -3.71. The van der Waals surface area contributed by atoms with Crippen molar-refractivity contribution in [2.45, 2.75) is 43.7 Å². The number of nitrogens with zero attached hydrogens (tertiary/aromatic N) is 2. The lowest BCUT2D eigenvalue weighted by Crippen LogP contribution is -2.50. The summed E-state index contributed by atoms with van der Waals surface area (Å²) in [6.45, 7) is 3.64. The van der Waals surface area contributed by atoms with Crippen LogP contribution in [-0.4, -0.2) is 30.6 Å². The molecule has 1 fully saturated rings. The molecule has 0 aliphatic heterocycles. The SMILES string of the molecule is Cc1noc(C)c1-c1cc(S(=O)(=O)N[C@H]2C[C@@H](N)C2)c2cccnc2c1. The second-order valence-electron chi connectivity index (χ2n) is 6.79. The molecule has 2 aromatic heterocycles. The first kappa shape index (κ1) is 17.1. The summed E-state index contributed by atoms with van der Waals surface area (Å²) in [6.07, 6.45) is 2.95. The van der Waals surface area contributed by atoms with E-state index in [1.165, 1.54) is 0 Å². The Morgan fingerprint density at radius 1 is 1.27 bits per heavy atom. The van der Waals surface area contributed by atoms with Crippen LogP contribution in [-0.2, 0) is 10.0 Å². The number of nitrogens with one attached hydrogen (secondary N) is 1. The molecule has 1 aliphatic carbocycles. The van der Waals surface area contributed by atoms with Gasteiger partial charge in [-0.3, -0.25) is 4.98 Å². The fourth-order valence-electron chi connectivity index (χ4n) is 3.45. The van der Waals surface area contributed by atoms with E-state index < -0.39 is 10.0 Å². The quantitative estimate of drug-likeness (QED) is 0.727. The third-order valence-corrected chi connectivity index (χ3v) is 6.35. The van der Waals surface area contributed by atoms with Crippen molar-refractivity contribution in [3.8, 4) is 11.1 Å². The van der Waals surface area contributed by atoms with Crippen LogP contribution < -0.4 is 10.5 Å². The molecule has 0 radical (unpaired) electrons. The second-order valence-corrected chi connectivity index (χ2v) is 8.48. The summed E-state index contributed by atoms with van der Waals surface area (Å²) < 4.78 is 34.1. The monoisotopic (exact) mass is 372 g/mol. The maximum Gasteiger partial charge on any atom is 0.241 e. The van der Waals surface area contributed by atoms with Gasteiger partial charge in [0.2, 0.25) is 10.0 Å². The summed E-state index contributed by atoms with van der Waals surface area (Å²) >= 11 is 0. The second kappa shape index (κ2) is 6.15. The Balaban J connectivity index is 1.88. The van der Waals surface area contributed by atoms with Gasteiger partial charge < -0.3 is 10.3 Å². The van der Waals surface area contributed by atoms with E-state index in [4.69, 9.17) is 10.3 Å². The molecule has 2 heterocycles. The number of sulfonamides is 1. The fraction of sp³-hybridized carbons (Fsp3) is 0.333. The highest BCUT2D eigenvalue weighted by molar-refractivity contribution is 7.89. The van der Waals surface area contributed by atoms with Gasteiger partial charge >= 0.3 is 0 Å². The van der Waals surface area contributed by atoms with Crippen LogP contribution in [0.4, 0.5) is 0 Å². The van der Waals surface area contributed by atoms with Crippen LogP contribution in [0.15, 0.2) is 39.9 Å². The highest BCUT2D eigenvalue weighted by Crippen LogP contribution is 2.33. The molecule has 136 valence electrons. The molecule has 3 N–H and O–H groups in total. The van der Waals surface area contributed by atoms with Crippen molar-refractivity contribution >= 4 is 20.9 Å². The molecular weight excluding hydrogens is 352 g/mol. The predicted molar refractivity (Wildman–Crippen MR) is 98.0 cm³/mol. The molecule has 0 saturated heterocycles. The number of fused-ring (bicyclic) bond motifs is 1. The minimum atomic E-state index is -3.71. The zero-order valence-electron chi connectivity index (χ0n) is 14.6. The zero-order chi connectivity index (χ0) is 18.5. The first-order valence-electron chi connectivity index (χ1n) is 8.45. The molecule has 0 atom stereocenters. The third kappa shape index (κ3) is 2.90. The Labute approximate surface area is 151 Å². The van der Waals surface area contributed by atoms with Crippen LogP contribution >= 0.6 is 0 Å². The molecule has 0 unspecified atom stereocenters. The van der Waals surface area contributed by atoms with Crippen LogP contribution in [0.3, 0.4) is 0 Å². The van der Waals surface area contributed by atoms with Gasteiger partial charge in [-0.05, 0) is 56.5 Å². The summed E-state index contributed by atoms with van der Waals surface area (Å²) in [4.78, 5) is 4.55. The van der Waals surface area contributed by atoms with Gasteiger partial charge in [0.05, 0.1) is 16.1 Å². The van der Waals surface area contributed by atoms with E-state index in [9.17, 15) is 8.42 Å². The zero-order valence-corrected chi connectivity index (χ0v) is 15.4. The highest BCUT2D eigenvalue weighted by Gasteiger charge is 2.31. The van der Waals surface area contributed by atoms with Crippen LogP contribution in [0.25, 0.3) is 22.0 Å². The molecule has 3 aromatic rings. The Bertz CT molecular complexity index is 1070. The van der Waals surface area contributed by atoms with E-state index in [1.807, 2.05) is 13.0 Å². The number of rotatable bonds is 4. The molecule has 26 heavy (non-hydrogen) atoms. The number of hydrogen-bond acceptors (Lipinski definition) is 6. The van der Waals surface area contributed by atoms with Gasteiger partial charge in [-0.15, -0.1) is 0 Å². The van der Waals surface area contributed by atoms with Gasteiger partial charge in [0, 0.05) is 29.2 Å². The lowest BCUT2D eigenvalue weighted by Gasteiger charge is -2.32. The highest BCUT2D eigenvalue weighted by atomic mass is 32.2. The van der Waals surface area contributed by atoms with Crippen LogP contribution in [0, 0.1) is 13.8 Å². The maximum absolute atomic E-state index is 13.0. The van der Waals surface area contributed by atoms with Gasteiger partial charge in [0.1, 0.15) is 5.76 Å². The molecule has 0 amide bonds. The van der Waals surface area contributed by atoms with Crippen LogP contribution in [0.5, 0.6) is 0 Å². The van der Waals surface area contributed by atoms with Crippen molar-refractivity contribution in [2.24, 2.45) is 5.73 Å². The Morgan fingerprint density at radius 3 is 2.69 bits per heavy atom. The van der Waals surface area contributed by atoms with Gasteiger partial charge in [0.15, 0.2) is 0 Å². The number of nitrogens with two attached hydrogens (primary N) is 1. The van der Waals surface area contributed by atoms with Gasteiger partial charge in [-0.1, -0.05) is 5.16 Å². The lowest BCUT2D eigenvalue weighted by molar-refractivity contribution is 0.327. The predicted octanol–water partition coefficient (Wildman–Crippen LogP) is 2.27. The van der Waals surface area contributed by atoms with E-state index in [1.54, 1.807) is 31.3 Å². The molecule has 0 bridgehead atoms. The van der Waals surface area contributed by atoms with Crippen molar-refractivity contribution in [1.82, 2.24) is 14.9 Å². The van der Waals surface area contributed by atoms with Crippen molar-refractivity contribution in [1.29, 1.82) is 0 Å². The molecular formula is C18H20N4O3S. The van der Waals surface area contributed by atoms with E-state index in [0.717, 1.165) is 11.1 Å².